The van der Waals surface area contributed by atoms with E-state index in [4.69, 9.17) is 0 Å². The van der Waals surface area contributed by atoms with Crippen molar-refractivity contribution in [1.29, 1.82) is 0 Å². The topological polar surface area (TPSA) is 58.2 Å². The summed E-state index contributed by atoms with van der Waals surface area (Å²) in [5, 5.41) is 3.01. The largest absolute Gasteiger partial charge is 0.315 e. The fourth-order valence-electron chi connectivity index (χ4n) is 1.82. The van der Waals surface area contributed by atoms with E-state index < -0.39 is 10.0 Å². The van der Waals surface area contributed by atoms with Gasteiger partial charge in [-0.15, -0.1) is 11.3 Å². The van der Waals surface area contributed by atoms with Gasteiger partial charge in [0.2, 0.25) is 10.0 Å². The first-order valence-corrected chi connectivity index (χ1v) is 8.60. The van der Waals surface area contributed by atoms with Crippen LogP contribution in [-0.4, -0.2) is 15.5 Å². The van der Waals surface area contributed by atoms with E-state index in [-0.39, 0.29) is 0 Å². The van der Waals surface area contributed by atoms with Gasteiger partial charge in [-0.25, -0.2) is 13.1 Å². The number of sulfonamides is 1. The van der Waals surface area contributed by atoms with Crippen LogP contribution in [0.3, 0.4) is 0 Å². The van der Waals surface area contributed by atoms with Crippen LogP contribution in [0.15, 0.2) is 40.6 Å². The second kappa shape index (κ2) is 6.49. The molecule has 2 N–H and O–H groups in total. The first-order chi connectivity index (χ1) is 9.53. The summed E-state index contributed by atoms with van der Waals surface area (Å²) in [4.78, 5) is 1.00. The van der Waals surface area contributed by atoms with Crippen LogP contribution in [0.4, 0.5) is 0 Å². The van der Waals surface area contributed by atoms with Gasteiger partial charge in [0.05, 0.1) is 0 Å². The highest BCUT2D eigenvalue weighted by Crippen LogP contribution is 2.21. The van der Waals surface area contributed by atoms with Gasteiger partial charge in [0, 0.05) is 18.0 Å². The van der Waals surface area contributed by atoms with Crippen molar-refractivity contribution in [2.75, 3.05) is 7.05 Å². The highest BCUT2D eigenvalue weighted by molar-refractivity contribution is 7.91. The van der Waals surface area contributed by atoms with E-state index in [0.29, 0.717) is 17.3 Å². The quantitative estimate of drug-likeness (QED) is 0.860. The van der Waals surface area contributed by atoms with Crippen LogP contribution < -0.4 is 10.0 Å². The smallest absolute Gasteiger partial charge is 0.250 e. The minimum atomic E-state index is -3.43. The van der Waals surface area contributed by atoms with E-state index in [1.165, 1.54) is 11.3 Å². The van der Waals surface area contributed by atoms with Crippen LogP contribution >= 0.6 is 11.3 Å². The van der Waals surface area contributed by atoms with E-state index in [0.717, 1.165) is 16.0 Å². The lowest BCUT2D eigenvalue weighted by molar-refractivity contribution is 0.583. The Balaban J connectivity index is 2.09. The zero-order valence-electron chi connectivity index (χ0n) is 11.5. The molecule has 0 aliphatic carbocycles. The van der Waals surface area contributed by atoms with Crippen molar-refractivity contribution in [2.45, 2.75) is 24.2 Å². The van der Waals surface area contributed by atoms with E-state index in [1.54, 1.807) is 6.07 Å². The molecule has 0 atom stereocenters. The molecule has 0 fully saturated rings. The Kier molecular flexibility index (Phi) is 4.93. The highest BCUT2D eigenvalue weighted by Gasteiger charge is 2.16. The summed E-state index contributed by atoms with van der Waals surface area (Å²) in [5.41, 5.74) is 2.07. The SMILES string of the molecule is CNCc1ccc(S(=O)(=O)NCc2ccccc2C)s1. The van der Waals surface area contributed by atoms with Gasteiger partial charge in [0.1, 0.15) is 4.21 Å². The molecule has 0 spiro atoms. The molecule has 20 heavy (non-hydrogen) atoms. The minimum absolute atomic E-state index is 0.314. The van der Waals surface area contributed by atoms with Gasteiger partial charge >= 0.3 is 0 Å². The highest BCUT2D eigenvalue weighted by atomic mass is 32.2. The zero-order valence-corrected chi connectivity index (χ0v) is 13.1. The molecule has 0 saturated carbocycles. The number of thiophene rings is 1. The predicted molar refractivity (Wildman–Crippen MR) is 82.3 cm³/mol. The zero-order chi connectivity index (χ0) is 14.6. The van der Waals surface area contributed by atoms with Crippen molar-refractivity contribution in [3.63, 3.8) is 0 Å². The van der Waals surface area contributed by atoms with Crippen molar-refractivity contribution in [1.82, 2.24) is 10.0 Å². The third kappa shape index (κ3) is 3.67. The molecule has 1 aromatic carbocycles. The summed E-state index contributed by atoms with van der Waals surface area (Å²) >= 11 is 1.29. The van der Waals surface area contributed by atoms with Crippen LogP contribution in [0.5, 0.6) is 0 Å². The van der Waals surface area contributed by atoms with Crippen LogP contribution in [-0.2, 0) is 23.1 Å². The van der Waals surface area contributed by atoms with Crippen molar-refractivity contribution in [3.05, 3.63) is 52.4 Å². The summed E-state index contributed by atoms with van der Waals surface area (Å²) in [5.74, 6) is 0. The Morgan fingerprint density at radius 2 is 1.85 bits per heavy atom. The molecule has 0 bridgehead atoms. The van der Waals surface area contributed by atoms with Crippen LogP contribution in [0.1, 0.15) is 16.0 Å². The van der Waals surface area contributed by atoms with Crippen LogP contribution in [0, 0.1) is 6.92 Å². The molecule has 0 aliphatic heterocycles. The average Bonchev–Trinajstić information content (AvgIpc) is 2.88. The number of aryl methyl sites for hydroxylation is 1. The lowest BCUT2D eigenvalue weighted by Gasteiger charge is -2.07. The Bertz CT molecular complexity index is 678. The van der Waals surface area contributed by atoms with Crippen molar-refractivity contribution >= 4 is 21.4 Å². The van der Waals surface area contributed by atoms with E-state index in [9.17, 15) is 8.42 Å². The Morgan fingerprint density at radius 1 is 1.10 bits per heavy atom. The maximum Gasteiger partial charge on any atom is 0.250 e. The fraction of sp³-hybridized carbons (Fsp3) is 0.286. The van der Waals surface area contributed by atoms with Gasteiger partial charge in [0.15, 0.2) is 0 Å². The standard InChI is InChI=1S/C14H18N2O2S2/c1-11-5-3-4-6-12(11)9-16-20(17,18)14-8-7-13(19-14)10-15-2/h3-8,15-16H,9-10H2,1-2H3. The first kappa shape index (κ1) is 15.2. The van der Waals surface area contributed by atoms with Gasteiger partial charge in [0.25, 0.3) is 0 Å². The van der Waals surface area contributed by atoms with Gasteiger partial charge in [-0.1, -0.05) is 24.3 Å². The molecule has 1 heterocycles. The molecular weight excluding hydrogens is 292 g/mol. The molecule has 0 aliphatic rings. The summed E-state index contributed by atoms with van der Waals surface area (Å²) < 4.78 is 27.4. The van der Waals surface area contributed by atoms with Crippen molar-refractivity contribution in [2.24, 2.45) is 0 Å². The maximum atomic E-state index is 12.2. The third-order valence-electron chi connectivity index (χ3n) is 2.97. The summed E-state index contributed by atoms with van der Waals surface area (Å²) in [7, 11) is -1.59. The molecule has 0 amide bonds. The number of rotatable bonds is 6. The molecule has 4 nitrogen and oxygen atoms in total. The Labute approximate surface area is 123 Å². The number of benzene rings is 1. The third-order valence-corrected chi connectivity index (χ3v) is 5.95. The Morgan fingerprint density at radius 3 is 2.55 bits per heavy atom. The molecule has 0 saturated heterocycles. The second-order valence-corrected chi connectivity index (χ2v) is 7.66. The fourth-order valence-corrected chi connectivity index (χ4v) is 4.24. The first-order valence-electron chi connectivity index (χ1n) is 6.30. The minimum Gasteiger partial charge on any atom is -0.315 e. The average molecular weight is 310 g/mol. The van der Waals surface area contributed by atoms with Crippen LogP contribution in [0.25, 0.3) is 0 Å². The molecular formula is C14H18N2O2S2. The number of nitrogens with one attached hydrogen (secondary N) is 2. The van der Waals surface area contributed by atoms with Crippen LogP contribution in [0.2, 0.25) is 0 Å². The Hall–Kier alpha value is -1.21. The normalized spacial score (nSPS) is 11.7. The molecule has 2 rings (SSSR count). The molecule has 1 aromatic heterocycles. The monoisotopic (exact) mass is 310 g/mol. The molecule has 2 aromatic rings. The van der Waals surface area contributed by atoms with Gasteiger partial charge < -0.3 is 5.32 Å². The second-order valence-electron chi connectivity index (χ2n) is 4.50. The number of hydrogen-bond acceptors (Lipinski definition) is 4. The van der Waals surface area contributed by atoms with Gasteiger partial charge in [-0.05, 0) is 37.2 Å². The molecule has 6 heteroatoms. The van der Waals surface area contributed by atoms with E-state index in [1.807, 2.05) is 44.3 Å². The van der Waals surface area contributed by atoms with Gasteiger partial charge in [-0.2, -0.15) is 0 Å². The lowest BCUT2D eigenvalue weighted by Crippen LogP contribution is -2.22. The van der Waals surface area contributed by atoms with E-state index >= 15 is 0 Å². The summed E-state index contributed by atoms with van der Waals surface area (Å²) in [6.45, 7) is 2.96. The van der Waals surface area contributed by atoms with Crippen molar-refractivity contribution in [3.8, 4) is 0 Å². The molecule has 108 valence electrons. The predicted octanol–water partition coefficient (Wildman–Crippen LogP) is 2.25. The molecule has 0 unspecified atom stereocenters. The summed E-state index contributed by atoms with van der Waals surface area (Å²) in [6, 6.07) is 11.2. The summed E-state index contributed by atoms with van der Waals surface area (Å²) in [6.07, 6.45) is 0. The van der Waals surface area contributed by atoms with Gasteiger partial charge in [-0.3, -0.25) is 0 Å². The lowest BCUT2D eigenvalue weighted by atomic mass is 10.1. The van der Waals surface area contributed by atoms with E-state index in [2.05, 4.69) is 10.0 Å². The molecule has 0 radical (unpaired) electrons. The van der Waals surface area contributed by atoms with Crippen molar-refractivity contribution < 1.29 is 8.42 Å². The maximum absolute atomic E-state index is 12.2. The number of hydrogen-bond donors (Lipinski definition) is 2.